The van der Waals surface area contributed by atoms with Crippen LogP contribution in [-0.4, -0.2) is 53.4 Å². The summed E-state index contributed by atoms with van der Waals surface area (Å²) < 4.78 is 13.8. The number of ether oxygens (including phenoxy) is 2. The molecule has 0 saturated carbocycles. The molecule has 0 unspecified atom stereocenters. The van der Waals surface area contributed by atoms with E-state index >= 15 is 0 Å². The van der Waals surface area contributed by atoms with E-state index in [1.165, 1.54) is 0 Å². The molecule has 0 amide bonds. The largest absolute Gasteiger partial charge is 0.378 e. The van der Waals surface area contributed by atoms with E-state index in [0.717, 1.165) is 69.7 Å². The van der Waals surface area contributed by atoms with Crippen LogP contribution in [0.3, 0.4) is 0 Å². The molecule has 0 aromatic heterocycles. The Morgan fingerprint density at radius 2 is 0.493 bits per heavy atom. The highest BCUT2D eigenvalue weighted by Crippen LogP contribution is 2.51. The van der Waals surface area contributed by atoms with Crippen molar-refractivity contribution in [1.29, 1.82) is 0 Å². The Balaban J connectivity index is 1.20. The Bertz CT molecular complexity index is 2630. The van der Waals surface area contributed by atoms with Crippen molar-refractivity contribution in [3.63, 3.8) is 0 Å². The molecule has 0 radical (unpaired) electrons. The molecule has 1 aliphatic heterocycles. The van der Waals surface area contributed by atoms with Crippen molar-refractivity contribution in [2.24, 2.45) is 0 Å². The molecule has 1 fully saturated rings. The maximum Gasteiger partial charge on any atom is 0.164 e. The van der Waals surface area contributed by atoms with Crippen LogP contribution in [0.5, 0.6) is 0 Å². The van der Waals surface area contributed by atoms with Crippen LogP contribution in [0.15, 0.2) is 194 Å². The van der Waals surface area contributed by atoms with Crippen molar-refractivity contribution in [3.05, 3.63) is 239 Å². The second-order valence-corrected chi connectivity index (χ2v) is 17.3. The van der Waals surface area contributed by atoms with Gasteiger partial charge >= 0.3 is 0 Å². The number of hydrogen-bond acceptors (Lipinski definition) is 8. The monoisotopic (exact) mass is 882 g/mol. The summed E-state index contributed by atoms with van der Waals surface area (Å²) in [7, 11) is 0. The number of aldehydes is 4. The van der Waals surface area contributed by atoms with Gasteiger partial charge in [-0.05, 0) is 80.6 Å². The first-order valence-electron chi connectivity index (χ1n) is 21.9. The molecule has 1 aliphatic rings. The molecule has 330 valence electrons. The van der Waals surface area contributed by atoms with Crippen LogP contribution >= 0.6 is 0 Å². The number of hydrogen-bond donors (Lipinski definition) is 2. The van der Waals surface area contributed by atoms with Gasteiger partial charge in [0.2, 0.25) is 0 Å². The van der Waals surface area contributed by atoms with Crippen LogP contribution in [0, 0.1) is 0 Å². The minimum absolute atomic E-state index is 0.478. The maximum absolute atomic E-state index is 13.8. The van der Waals surface area contributed by atoms with Crippen molar-refractivity contribution >= 4 is 25.1 Å². The Hall–Kier alpha value is -7.72. The third-order valence-corrected chi connectivity index (χ3v) is 12.7. The zero-order chi connectivity index (χ0) is 46.8. The van der Waals surface area contributed by atoms with E-state index in [1.807, 2.05) is 146 Å². The van der Waals surface area contributed by atoms with Gasteiger partial charge in [-0.1, -0.05) is 194 Å². The summed E-state index contributed by atoms with van der Waals surface area (Å²) in [6.07, 6.45) is 0.711. The lowest BCUT2D eigenvalue weighted by molar-refractivity contribution is -0.172. The first kappa shape index (κ1) is 44.5. The molecule has 0 aliphatic carbocycles. The highest BCUT2D eigenvalue weighted by molar-refractivity contribution is 5.79. The van der Waals surface area contributed by atoms with Crippen LogP contribution in [-0.2, 0) is 20.7 Å². The smallest absolute Gasteiger partial charge is 0.164 e. The minimum Gasteiger partial charge on any atom is -0.378 e. The SMILES string of the molecule is CC1(C)O[C@@H](C(O)(c2ccc(-c3ccc(C=O)cc3)cc2)c2ccc(-c3ccc(C=O)cc3)cc2)[C@H](C(O)(c2ccc(-c3ccc(C=O)cc3)cc2)c2ccc(-c3ccc(C=O)cc3)cc2)O1. The topological polar surface area (TPSA) is 127 Å². The predicted octanol–water partition coefficient (Wildman–Crippen LogP) is 11.3. The van der Waals surface area contributed by atoms with Crippen molar-refractivity contribution in [1.82, 2.24) is 0 Å². The fourth-order valence-electron chi connectivity index (χ4n) is 9.05. The van der Waals surface area contributed by atoms with E-state index in [1.54, 1.807) is 62.4 Å². The third kappa shape index (κ3) is 8.63. The fraction of sp³-hybridized carbons (Fsp3) is 0.119. The molecule has 0 spiro atoms. The van der Waals surface area contributed by atoms with Gasteiger partial charge in [0.1, 0.15) is 48.6 Å². The van der Waals surface area contributed by atoms with E-state index in [-0.39, 0.29) is 0 Å². The fourth-order valence-corrected chi connectivity index (χ4v) is 9.05. The van der Waals surface area contributed by atoms with Gasteiger partial charge in [-0.3, -0.25) is 19.2 Å². The summed E-state index contributed by atoms with van der Waals surface area (Å²) >= 11 is 0. The minimum atomic E-state index is -1.95. The van der Waals surface area contributed by atoms with Crippen LogP contribution in [0.25, 0.3) is 44.5 Å². The predicted molar refractivity (Wildman–Crippen MR) is 259 cm³/mol. The van der Waals surface area contributed by atoms with Gasteiger partial charge in [-0.15, -0.1) is 0 Å². The summed E-state index contributed by atoms with van der Waals surface area (Å²) in [5, 5.41) is 27.6. The number of benzene rings is 8. The molecule has 2 atom stereocenters. The highest BCUT2D eigenvalue weighted by atomic mass is 16.8. The summed E-state index contributed by atoms with van der Waals surface area (Å²) in [6.45, 7) is 3.52. The summed E-state index contributed by atoms with van der Waals surface area (Å²) in [5.41, 5.74) is 7.19. The van der Waals surface area contributed by atoms with Crippen LogP contribution in [0.2, 0.25) is 0 Å². The molecule has 8 aromatic carbocycles. The molecule has 8 heteroatoms. The third-order valence-electron chi connectivity index (χ3n) is 12.7. The van der Waals surface area contributed by atoms with Crippen molar-refractivity contribution in [2.75, 3.05) is 0 Å². The van der Waals surface area contributed by atoms with Gasteiger partial charge in [-0.2, -0.15) is 0 Å². The van der Waals surface area contributed by atoms with E-state index in [9.17, 15) is 29.4 Å². The number of carbonyl (C=O) groups excluding carboxylic acids is 4. The van der Waals surface area contributed by atoms with Gasteiger partial charge in [0, 0.05) is 22.3 Å². The van der Waals surface area contributed by atoms with Crippen molar-refractivity contribution in [2.45, 2.75) is 43.0 Å². The number of aliphatic hydroxyl groups is 2. The average Bonchev–Trinajstić information content (AvgIpc) is 3.74. The number of rotatable bonds is 14. The molecule has 8 aromatic rings. The van der Waals surface area contributed by atoms with Crippen molar-refractivity contribution in [3.8, 4) is 44.5 Å². The lowest BCUT2D eigenvalue weighted by Gasteiger charge is -2.42. The zero-order valence-corrected chi connectivity index (χ0v) is 36.8. The Morgan fingerprint density at radius 3 is 0.657 bits per heavy atom. The molecule has 0 bridgehead atoms. The molecule has 1 heterocycles. The Kier molecular flexibility index (Phi) is 12.1. The molecular weight excluding hydrogens is 837 g/mol. The molecule has 2 N–H and O–H groups in total. The van der Waals surface area contributed by atoms with E-state index in [4.69, 9.17) is 9.47 Å². The Labute approximate surface area is 388 Å². The molecule has 1 saturated heterocycles. The van der Waals surface area contributed by atoms with Crippen LogP contribution < -0.4 is 0 Å². The van der Waals surface area contributed by atoms with Crippen molar-refractivity contribution < 1.29 is 38.9 Å². The molecule has 9 rings (SSSR count). The quantitative estimate of drug-likeness (QED) is 0.103. The Morgan fingerprint density at radius 1 is 0.328 bits per heavy atom. The highest BCUT2D eigenvalue weighted by Gasteiger charge is 2.61. The molecule has 67 heavy (non-hydrogen) atoms. The zero-order valence-electron chi connectivity index (χ0n) is 36.8. The molecular formula is C59H46O8. The van der Waals surface area contributed by atoms with Gasteiger partial charge in [0.05, 0.1) is 0 Å². The van der Waals surface area contributed by atoms with Gasteiger partial charge in [0.15, 0.2) is 5.79 Å². The van der Waals surface area contributed by atoms with Gasteiger partial charge < -0.3 is 19.7 Å². The van der Waals surface area contributed by atoms with Crippen LogP contribution in [0.4, 0.5) is 0 Å². The maximum atomic E-state index is 13.8. The summed E-state index contributed by atoms with van der Waals surface area (Å²) in [5.74, 6) is -1.31. The van der Waals surface area contributed by atoms with Gasteiger partial charge in [-0.25, -0.2) is 0 Å². The second-order valence-electron chi connectivity index (χ2n) is 17.3. The summed E-state index contributed by atoms with van der Waals surface area (Å²) in [6, 6.07) is 59.0. The lowest BCUT2D eigenvalue weighted by Crippen LogP contribution is -2.55. The first-order chi connectivity index (χ1) is 32.4. The van der Waals surface area contributed by atoms with E-state index < -0.39 is 29.2 Å². The average molecular weight is 883 g/mol. The van der Waals surface area contributed by atoms with E-state index in [0.29, 0.717) is 44.5 Å². The van der Waals surface area contributed by atoms with Crippen LogP contribution in [0.1, 0.15) is 77.5 Å². The summed E-state index contributed by atoms with van der Waals surface area (Å²) in [4.78, 5) is 45.6. The second kappa shape index (κ2) is 18.3. The standard InChI is InChI=1S/C59H46O8/c1-57(2)66-55(58(64,51-27-19-47(20-28-51)43-11-3-39(35-60)4-12-43)52-29-21-48(22-30-52)44-13-5-40(36-61)6-14-44)56(67-57)59(65,53-31-23-49(24-32-53)45-15-7-41(37-62)8-16-45)54-33-25-50(26-34-54)46-17-9-42(38-63)10-18-46/h3-38,55-56,64-65H,1-2H3/t55-,56-/m1/s1. The molecule has 8 nitrogen and oxygen atoms in total. The normalized spacial score (nSPS) is 15.7. The van der Waals surface area contributed by atoms with Gasteiger partial charge in [0.25, 0.3) is 0 Å². The lowest BCUT2D eigenvalue weighted by atomic mass is 9.71. The first-order valence-corrected chi connectivity index (χ1v) is 21.9. The van der Waals surface area contributed by atoms with E-state index in [2.05, 4.69) is 0 Å². The number of carbonyl (C=O) groups is 4.